The summed E-state index contributed by atoms with van der Waals surface area (Å²) in [7, 11) is 0. The number of nitrogens with zero attached hydrogens (tertiary/aromatic N) is 2. The molecule has 0 bridgehead atoms. The van der Waals surface area contributed by atoms with E-state index in [1.54, 1.807) is 0 Å². The smallest absolute Gasteiger partial charge is 0.0156 e. The Labute approximate surface area is 211 Å². The van der Waals surface area contributed by atoms with Crippen molar-refractivity contribution in [1.29, 1.82) is 0 Å². The molecule has 0 atom stereocenters. The molecule has 3 heteroatoms. The molecule has 0 saturated carbocycles. The third kappa shape index (κ3) is 5.79. The van der Waals surface area contributed by atoms with E-state index in [0.717, 1.165) is 13.1 Å². The average molecular weight is 526 g/mol. The van der Waals surface area contributed by atoms with Crippen LogP contribution in [0.2, 0.25) is 0 Å². The molecule has 2 nitrogen and oxygen atoms in total. The van der Waals surface area contributed by atoms with E-state index in [4.69, 9.17) is 0 Å². The third-order valence-electron chi connectivity index (χ3n) is 6.59. The molecule has 0 spiro atoms. The van der Waals surface area contributed by atoms with Crippen LogP contribution < -0.4 is 9.80 Å². The molecule has 1 aliphatic rings. The number of hydrogen-bond donors (Lipinski definition) is 0. The molecule has 180 valence electrons. The van der Waals surface area contributed by atoms with E-state index in [1.165, 1.54) is 46.5 Å². The summed E-state index contributed by atoms with van der Waals surface area (Å²) in [5, 5.41) is 0. The van der Waals surface area contributed by atoms with Crippen LogP contribution in [0.5, 0.6) is 0 Å². The van der Waals surface area contributed by atoms with Crippen molar-refractivity contribution in [3.05, 3.63) is 65.3 Å². The fourth-order valence-electron chi connectivity index (χ4n) is 4.87. The van der Waals surface area contributed by atoms with Gasteiger partial charge in [-0.05, 0) is 71.9 Å². The van der Waals surface area contributed by atoms with Gasteiger partial charge in [-0.15, -0.1) is 0 Å². The maximum atomic E-state index is 2.57. The van der Waals surface area contributed by atoms with E-state index in [1.807, 2.05) is 0 Å². The second-order valence-electron chi connectivity index (χ2n) is 10.4. The summed E-state index contributed by atoms with van der Waals surface area (Å²) in [6, 6.07) is 13.8. The molecular formula is C29H43N2Pd-. The molecule has 0 unspecified atom stereocenters. The molecule has 2 aromatic rings. The van der Waals surface area contributed by atoms with Gasteiger partial charge in [-0.2, -0.15) is 6.67 Å². The van der Waals surface area contributed by atoms with Crippen molar-refractivity contribution < 1.29 is 20.4 Å². The SMILES string of the molecule is CC(C)c1cccc(C(C)C)c1N1[CH-]N(c2c(C(C)C)cccc2C(C)C)CCCC1.[Pd]. The maximum Gasteiger partial charge on any atom is 0.0156 e. The minimum absolute atomic E-state index is 0. The molecular weight excluding hydrogens is 483 g/mol. The first-order chi connectivity index (χ1) is 14.7. The minimum atomic E-state index is 0. The average Bonchev–Trinajstić information content (AvgIpc) is 2.98. The van der Waals surface area contributed by atoms with Gasteiger partial charge in [0.2, 0.25) is 0 Å². The number of hydrogen-bond acceptors (Lipinski definition) is 2. The van der Waals surface area contributed by atoms with Gasteiger partial charge in [0.25, 0.3) is 0 Å². The third-order valence-corrected chi connectivity index (χ3v) is 6.59. The van der Waals surface area contributed by atoms with E-state index in [-0.39, 0.29) is 20.4 Å². The van der Waals surface area contributed by atoms with Gasteiger partial charge in [0, 0.05) is 31.8 Å². The first-order valence-corrected chi connectivity index (χ1v) is 12.4. The van der Waals surface area contributed by atoms with Crippen LogP contribution in [0.15, 0.2) is 36.4 Å². The van der Waals surface area contributed by atoms with Crippen LogP contribution in [0.3, 0.4) is 0 Å². The van der Waals surface area contributed by atoms with Crippen molar-refractivity contribution in [2.24, 2.45) is 0 Å². The summed E-state index contributed by atoms with van der Waals surface area (Å²) in [6.07, 6.45) is 2.44. The normalized spacial score (nSPS) is 15.0. The molecule has 2 aromatic carbocycles. The number of benzene rings is 2. The van der Waals surface area contributed by atoms with Crippen molar-refractivity contribution in [1.82, 2.24) is 0 Å². The summed E-state index contributed by atoms with van der Waals surface area (Å²) in [6.45, 7) is 23.2. The Morgan fingerprint density at radius 1 is 0.562 bits per heavy atom. The Morgan fingerprint density at radius 3 is 1.09 bits per heavy atom. The number of rotatable bonds is 6. The molecule has 0 aromatic heterocycles. The van der Waals surface area contributed by atoms with Gasteiger partial charge in [0.05, 0.1) is 0 Å². The monoisotopic (exact) mass is 525 g/mol. The van der Waals surface area contributed by atoms with Crippen LogP contribution in [0.4, 0.5) is 11.4 Å². The second kappa shape index (κ2) is 11.7. The van der Waals surface area contributed by atoms with Crippen LogP contribution in [0.25, 0.3) is 0 Å². The number of para-hydroxylation sites is 2. The molecule has 32 heavy (non-hydrogen) atoms. The molecule has 1 aliphatic heterocycles. The largest absolute Gasteiger partial charge is 0.503 e. The molecule has 3 rings (SSSR count). The summed E-state index contributed by atoms with van der Waals surface area (Å²) in [5.74, 6) is 2.03. The zero-order chi connectivity index (χ0) is 22.7. The van der Waals surface area contributed by atoms with Crippen molar-refractivity contribution in [2.45, 2.75) is 91.9 Å². The van der Waals surface area contributed by atoms with Gasteiger partial charge in [-0.3, -0.25) is 0 Å². The Bertz CT molecular complexity index is 745. The van der Waals surface area contributed by atoms with Crippen molar-refractivity contribution >= 4 is 11.4 Å². The van der Waals surface area contributed by atoms with Crippen molar-refractivity contribution in [2.75, 3.05) is 22.9 Å². The molecule has 1 saturated heterocycles. The van der Waals surface area contributed by atoms with Gasteiger partial charge >= 0.3 is 0 Å². The van der Waals surface area contributed by atoms with Crippen LogP contribution in [-0.2, 0) is 20.4 Å². The summed E-state index contributed by atoms with van der Waals surface area (Å²) in [5.41, 5.74) is 8.73. The quantitative estimate of drug-likeness (QED) is 0.276. The molecule has 0 aliphatic carbocycles. The summed E-state index contributed by atoms with van der Waals surface area (Å²) >= 11 is 0. The van der Waals surface area contributed by atoms with Crippen LogP contribution in [0.1, 0.15) is 114 Å². The zero-order valence-electron chi connectivity index (χ0n) is 21.4. The van der Waals surface area contributed by atoms with Crippen molar-refractivity contribution in [3.8, 4) is 0 Å². The molecule has 1 heterocycles. The Kier molecular flexibility index (Phi) is 9.87. The standard InChI is InChI=1S/C29H43N2.Pd/c1-20(2)24-13-11-14-25(21(3)4)28(24)30-17-9-10-18-31(19-30)29-26(22(5)6)15-12-16-27(29)23(7)8;/h11-16,19-23H,9-10,17-18H2,1-8H3;/q-1;. The van der Waals surface area contributed by atoms with E-state index in [9.17, 15) is 0 Å². The second-order valence-corrected chi connectivity index (χ2v) is 10.4. The molecule has 0 N–H and O–H groups in total. The zero-order valence-corrected chi connectivity index (χ0v) is 22.9. The van der Waals surface area contributed by atoms with Crippen molar-refractivity contribution in [3.63, 3.8) is 0 Å². The van der Waals surface area contributed by atoms with Gasteiger partial charge < -0.3 is 9.80 Å². The van der Waals surface area contributed by atoms with Gasteiger partial charge in [0.15, 0.2) is 0 Å². The maximum absolute atomic E-state index is 2.57. The van der Waals surface area contributed by atoms with Crippen LogP contribution >= 0.6 is 0 Å². The van der Waals surface area contributed by atoms with Gasteiger partial charge in [0.1, 0.15) is 0 Å². The molecule has 0 amide bonds. The Morgan fingerprint density at radius 2 is 0.844 bits per heavy atom. The molecule has 1 fully saturated rings. The summed E-state index contributed by atoms with van der Waals surface area (Å²) < 4.78 is 0. The minimum Gasteiger partial charge on any atom is -0.503 e. The first-order valence-electron chi connectivity index (χ1n) is 12.4. The van der Waals surface area contributed by atoms with Gasteiger partial charge in [-0.1, -0.05) is 91.8 Å². The van der Waals surface area contributed by atoms with E-state index >= 15 is 0 Å². The molecule has 0 radical (unpaired) electrons. The fraction of sp³-hybridized carbons (Fsp3) is 0.552. The number of anilines is 2. The topological polar surface area (TPSA) is 6.48 Å². The van der Waals surface area contributed by atoms with Crippen LogP contribution in [0, 0.1) is 6.67 Å². The predicted octanol–water partition coefficient (Wildman–Crippen LogP) is 8.40. The van der Waals surface area contributed by atoms with E-state index < -0.39 is 0 Å². The fourth-order valence-corrected chi connectivity index (χ4v) is 4.87. The Balaban J connectivity index is 0.00000363. The predicted molar refractivity (Wildman–Crippen MR) is 137 cm³/mol. The van der Waals surface area contributed by atoms with Crippen LogP contribution in [-0.4, -0.2) is 13.1 Å². The summed E-state index contributed by atoms with van der Waals surface area (Å²) in [4.78, 5) is 5.14. The van der Waals surface area contributed by atoms with Gasteiger partial charge in [-0.25, -0.2) is 0 Å². The van der Waals surface area contributed by atoms with E-state index in [2.05, 4.69) is 108 Å². The van der Waals surface area contributed by atoms with E-state index in [0.29, 0.717) is 23.7 Å². The Hall–Kier alpha value is -1.30. The first kappa shape index (κ1) is 27.0.